The van der Waals surface area contributed by atoms with Crippen molar-refractivity contribution >= 4 is 23.4 Å². The molecule has 0 aliphatic rings. The first-order valence-corrected chi connectivity index (χ1v) is 11.1. The van der Waals surface area contributed by atoms with Gasteiger partial charge in [-0.25, -0.2) is 4.39 Å². The van der Waals surface area contributed by atoms with Gasteiger partial charge < -0.3 is 14.6 Å². The molecule has 0 spiro atoms. The molecule has 0 atom stereocenters. The number of thioether (sulfide) groups is 1. The first kappa shape index (κ1) is 22.8. The van der Waals surface area contributed by atoms with Crippen LogP contribution in [0.1, 0.15) is 28.9 Å². The van der Waals surface area contributed by atoms with Crippen molar-refractivity contribution in [3.8, 4) is 5.75 Å². The number of rotatable bonds is 9. The van der Waals surface area contributed by atoms with E-state index in [4.69, 9.17) is 4.74 Å². The lowest BCUT2D eigenvalue weighted by Gasteiger charge is -2.09. The maximum Gasteiger partial charge on any atom is 0.234 e. The van der Waals surface area contributed by atoms with Crippen molar-refractivity contribution in [2.75, 3.05) is 18.2 Å². The van der Waals surface area contributed by atoms with Crippen molar-refractivity contribution in [1.29, 1.82) is 0 Å². The molecule has 1 N–H and O–H groups in total. The number of anilines is 1. The molecule has 31 heavy (non-hydrogen) atoms. The van der Waals surface area contributed by atoms with Gasteiger partial charge in [-0.3, -0.25) is 4.79 Å². The first-order chi connectivity index (χ1) is 14.9. The molecule has 0 saturated carbocycles. The summed E-state index contributed by atoms with van der Waals surface area (Å²) < 4.78 is 20.6. The summed E-state index contributed by atoms with van der Waals surface area (Å²) in [6.07, 6.45) is 2.68. The van der Waals surface area contributed by atoms with Gasteiger partial charge >= 0.3 is 0 Å². The van der Waals surface area contributed by atoms with E-state index in [2.05, 4.69) is 27.6 Å². The SMILES string of the molecule is COc1ccc(CCCc2nnc(SCC(=O)Nc3cc(F)ccc3C)n2C)cc1C. The van der Waals surface area contributed by atoms with E-state index in [9.17, 15) is 9.18 Å². The second-order valence-corrected chi connectivity index (χ2v) is 8.35. The minimum atomic E-state index is -0.378. The molecule has 0 fully saturated rings. The number of nitrogens with one attached hydrogen (secondary N) is 1. The standard InChI is InChI=1S/C23H27FN4O2S/c1-15-8-10-18(24)13-19(15)25-22(29)14-31-23-27-26-21(28(23)3)7-5-6-17-9-11-20(30-4)16(2)12-17/h8-13H,5-7,14H2,1-4H3,(H,25,29). The van der Waals surface area contributed by atoms with Crippen LogP contribution in [-0.2, 0) is 24.7 Å². The molecule has 1 aromatic heterocycles. The number of halogens is 1. The summed E-state index contributed by atoms with van der Waals surface area (Å²) in [4.78, 5) is 12.2. The third-order valence-corrected chi connectivity index (χ3v) is 6.08. The fraction of sp³-hybridized carbons (Fsp3) is 0.348. The molecule has 1 amide bonds. The van der Waals surface area contributed by atoms with Crippen LogP contribution in [0.25, 0.3) is 0 Å². The normalized spacial score (nSPS) is 10.9. The Hall–Kier alpha value is -2.87. The van der Waals surface area contributed by atoms with Crippen molar-refractivity contribution in [2.45, 2.75) is 38.3 Å². The Morgan fingerprint density at radius 2 is 1.94 bits per heavy atom. The van der Waals surface area contributed by atoms with E-state index < -0.39 is 0 Å². The molecule has 6 nitrogen and oxygen atoms in total. The number of nitrogens with zero attached hydrogens (tertiary/aromatic N) is 3. The Labute approximate surface area is 186 Å². The number of benzene rings is 2. The predicted octanol–water partition coefficient (Wildman–Crippen LogP) is 4.49. The lowest BCUT2D eigenvalue weighted by molar-refractivity contribution is -0.113. The molecule has 3 rings (SSSR count). The van der Waals surface area contributed by atoms with E-state index in [0.29, 0.717) is 10.8 Å². The highest BCUT2D eigenvalue weighted by Crippen LogP contribution is 2.21. The molecule has 0 saturated heterocycles. The summed E-state index contributed by atoms with van der Waals surface area (Å²) in [6.45, 7) is 3.87. The molecule has 0 bridgehead atoms. The van der Waals surface area contributed by atoms with Crippen LogP contribution in [0.2, 0.25) is 0 Å². The molecule has 0 aliphatic carbocycles. The highest BCUT2D eigenvalue weighted by atomic mass is 32.2. The molecular weight excluding hydrogens is 415 g/mol. The zero-order valence-electron chi connectivity index (χ0n) is 18.2. The highest BCUT2D eigenvalue weighted by Gasteiger charge is 2.13. The van der Waals surface area contributed by atoms with E-state index in [1.807, 2.05) is 31.5 Å². The van der Waals surface area contributed by atoms with Crippen LogP contribution in [-0.4, -0.2) is 33.5 Å². The molecule has 0 aliphatic heterocycles. The number of aromatic nitrogens is 3. The van der Waals surface area contributed by atoms with Crippen molar-refractivity contribution < 1.29 is 13.9 Å². The van der Waals surface area contributed by atoms with Crippen molar-refractivity contribution in [2.24, 2.45) is 7.05 Å². The minimum Gasteiger partial charge on any atom is -0.496 e. The van der Waals surface area contributed by atoms with Crippen LogP contribution < -0.4 is 10.1 Å². The molecule has 3 aromatic rings. The van der Waals surface area contributed by atoms with Gasteiger partial charge in [0.05, 0.1) is 12.9 Å². The highest BCUT2D eigenvalue weighted by molar-refractivity contribution is 7.99. The van der Waals surface area contributed by atoms with Gasteiger partial charge in [0.1, 0.15) is 17.4 Å². The van der Waals surface area contributed by atoms with Crippen molar-refractivity contribution in [3.63, 3.8) is 0 Å². The predicted molar refractivity (Wildman–Crippen MR) is 121 cm³/mol. The lowest BCUT2D eigenvalue weighted by atomic mass is 10.0. The van der Waals surface area contributed by atoms with Gasteiger partial charge in [-0.2, -0.15) is 0 Å². The molecule has 1 heterocycles. The topological polar surface area (TPSA) is 69.0 Å². The van der Waals surface area contributed by atoms with Crippen molar-refractivity contribution in [3.05, 3.63) is 64.7 Å². The Bertz CT molecular complexity index is 1070. The Kier molecular flexibility index (Phi) is 7.68. The summed E-state index contributed by atoms with van der Waals surface area (Å²) in [7, 11) is 3.58. The van der Waals surface area contributed by atoms with E-state index in [0.717, 1.165) is 42.0 Å². The number of hydrogen-bond donors (Lipinski definition) is 1. The average Bonchev–Trinajstić information content (AvgIpc) is 3.09. The number of carbonyl (C=O) groups excluding carboxylic acids is 1. The lowest BCUT2D eigenvalue weighted by Crippen LogP contribution is -2.15. The van der Waals surface area contributed by atoms with Gasteiger partial charge in [0.25, 0.3) is 0 Å². The molecule has 164 valence electrons. The molecule has 0 radical (unpaired) electrons. The summed E-state index contributed by atoms with van der Waals surface area (Å²) in [5, 5.41) is 11.9. The molecule has 2 aromatic carbocycles. The van der Waals surface area contributed by atoms with Gasteiger partial charge in [0, 0.05) is 19.2 Å². The zero-order chi connectivity index (χ0) is 22.4. The summed E-state index contributed by atoms with van der Waals surface area (Å²) >= 11 is 1.31. The van der Waals surface area contributed by atoms with E-state index >= 15 is 0 Å². The van der Waals surface area contributed by atoms with E-state index in [1.54, 1.807) is 13.2 Å². The average molecular weight is 443 g/mol. The molecule has 0 unspecified atom stereocenters. The fourth-order valence-corrected chi connectivity index (χ4v) is 4.01. The van der Waals surface area contributed by atoms with Crippen LogP contribution in [0.4, 0.5) is 10.1 Å². The van der Waals surface area contributed by atoms with Crippen LogP contribution >= 0.6 is 11.8 Å². The van der Waals surface area contributed by atoms with Crippen LogP contribution in [0, 0.1) is 19.7 Å². The van der Waals surface area contributed by atoms with Gasteiger partial charge in [-0.15, -0.1) is 10.2 Å². The number of ether oxygens (including phenoxy) is 1. The van der Waals surface area contributed by atoms with Gasteiger partial charge in [0.2, 0.25) is 5.91 Å². The Morgan fingerprint density at radius 3 is 2.68 bits per heavy atom. The fourth-order valence-electron chi connectivity index (χ4n) is 3.28. The summed E-state index contributed by atoms with van der Waals surface area (Å²) in [6, 6.07) is 10.6. The maximum absolute atomic E-state index is 13.4. The third kappa shape index (κ3) is 6.07. The van der Waals surface area contributed by atoms with Crippen LogP contribution in [0.3, 0.4) is 0 Å². The van der Waals surface area contributed by atoms with Gasteiger partial charge in [-0.05, 0) is 61.6 Å². The summed E-state index contributed by atoms with van der Waals surface area (Å²) in [5.41, 5.74) is 3.69. The maximum atomic E-state index is 13.4. The van der Waals surface area contributed by atoms with E-state index in [-0.39, 0.29) is 17.5 Å². The Balaban J connectivity index is 1.50. The smallest absolute Gasteiger partial charge is 0.234 e. The number of methoxy groups -OCH3 is 1. The Morgan fingerprint density at radius 1 is 1.13 bits per heavy atom. The first-order valence-electron chi connectivity index (χ1n) is 10.1. The summed E-state index contributed by atoms with van der Waals surface area (Å²) in [5.74, 6) is 1.37. The molecular formula is C23H27FN4O2S. The number of hydrogen-bond acceptors (Lipinski definition) is 5. The largest absolute Gasteiger partial charge is 0.496 e. The monoisotopic (exact) mass is 442 g/mol. The second kappa shape index (κ2) is 10.4. The third-order valence-electron chi connectivity index (χ3n) is 5.06. The second-order valence-electron chi connectivity index (χ2n) is 7.41. The van der Waals surface area contributed by atoms with Crippen LogP contribution in [0.15, 0.2) is 41.6 Å². The van der Waals surface area contributed by atoms with Gasteiger partial charge in [-0.1, -0.05) is 30.0 Å². The van der Waals surface area contributed by atoms with E-state index in [1.165, 1.54) is 29.5 Å². The zero-order valence-corrected chi connectivity index (χ0v) is 19.1. The minimum absolute atomic E-state index is 0.174. The molecule has 8 heteroatoms. The van der Waals surface area contributed by atoms with Crippen LogP contribution in [0.5, 0.6) is 5.75 Å². The number of aryl methyl sites for hydroxylation is 4. The quantitative estimate of drug-likeness (QED) is 0.495. The number of carbonyl (C=O) groups is 1. The van der Waals surface area contributed by atoms with Crippen molar-refractivity contribution in [1.82, 2.24) is 14.8 Å². The van der Waals surface area contributed by atoms with Gasteiger partial charge in [0.15, 0.2) is 5.16 Å². The number of amides is 1.